The van der Waals surface area contributed by atoms with Crippen LogP contribution in [0.2, 0.25) is 0 Å². The van der Waals surface area contributed by atoms with Gasteiger partial charge in [-0.1, -0.05) is 6.42 Å². The smallest absolute Gasteiger partial charge is 0.229 e. The molecule has 0 aliphatic carbocycles. The Morgan fingerprint density at radius 2 is 1.91 bits per heavy atom. The fourth-order valence-corrected chi connectivity index (χ4v) is 1.03. The summed E-state index contributed by atoms with van der Waals surface area (Å²) >= 11 is 7.92. The minimum Gasteiger partial charge on any atom is -0.355 e. The van der Waals surface area contributed by atoms with E-state index in [1.54, 1.807) is 0 Å². The highest BCUT2D eigenvalue weighted by Crippen LogP contribution is 1.94. The van der Waals surface area contributed by atoms with Gasteiger partial charge >= 0.3 is 0 Å². The zero-order valence-electron chi connectivity index (χ0n) is 6.55. The molecule has 0 aromatic carbocycles. The number of carbonyl (C=O) groups is 1. The SMILES string of the molecule is O=C(CS)NCCCCCS. The third kappa shape index (κ3) is 8.07. The normalized spacial score (nSPS) is 9.64. The highest BCUT2D eigenvalue weighted by atomic mass is 32.1. The van der Waals surface area contributed by atoms with Crippen molar-refractivity contribution in [3.8, 4) is 0 Å². The van der Waals surface area contributed by atoms with E-state index in [4.69, 9.17) is 0 Å². The second-order valence-corrected chi connectivity index (χ2v) is 3.06. The van der Waals surface area contributed by atoms with Crippen molar-refractivity contribution in [2.75, 3.05) is 18.1 Å². The lowest BCUT2D eigenvalue weighted by Crippen LogP contribution is -2.25. The molecule has 11 heavy (non-hydrogen) atoms. The van der Waals surface area contributed by atoms with Gasteiger partial charge in [0.05, 0.1) is 5.75 Å². The zero-order valence-corrected chi connectivity index (χ0v) is 8.33. The summed E-state index contributed by atoms with van der Waals surface area (Å²) in [7, 11) is 0. The molecule has 2 nitrogen and oxygen atoms in total. The van der Waals surface area contributed by atoms with Gasteiger partial charge < -0.3 is 5.32 Å². The molecule has 0 bridgehead atoms. The molecule has 0 rings (SSSR count). The van der Waals surface area contributed by atoms with Crippen molar-refractivity contribution in [2.45, 2.75) is 19.3 Å². The molecule has 0 saturated carbocycles. The number of amides is 1. The van der Waals surface area contributed by atoms with Crippen LogP contribution in [-0.2, 0) is 4.79 Å². The van der Waals surface area contributed by atoms with Crippen molar-refractivity contribution in [3.63, 3.8) is 0 Å². The van der Waals surface area contributed by atoms with E-state index < -0.39 is 0 Å². The lowest BCUT2D eigenvalue weighted by atomic mass is 10.2. The van der Waals surface area contributed by atoms with Crippen molar-refractivity contribution in [1.29, 1.82) is 0 Å². The van der Waals surface area contributed by atoms with E-state index in [2.05, 4.69) is 30.6 Å². The molecular weight excluding hydrogens is 178 g/mol. The van der Waals surface area contributed by atoms with Crippen molar-refractivity contribution in [2.24, 2.45) is 0 Å². The van der Waals surface area contributed by atoms with Gasteiger partial charge in [-0.05, 0) is 18.6 Å². The predicted molar refractivity (Wildman–Crippen MR) is 54.6 cm³/mol. The van der Waals surface area contributed by atoms with E-state index in [9.17, 15) is 4.79 Å². The van der Waals surface area contributed by atoms with Crippen LogP contribution in [0.15, 0.2) is 0 Å². The minimum absolute atomic E-state index is 0.0132. The number of hydrogen-bond donors (Lipinski definition) is 3. The first-order chi connectivity index (χ1) is 5.31. The molecule has 4 heteroatoms. The molecule has 0 saturated heterocycles. The number of carbonyl (C=O) groups excluding carboxylic acids is 1. The molecule has 0 aromatic rings. The molecule has 0 aromatic heterocycles. The molecule has 0 aliphatic heterocycles. The Bertz CT molecular complexity index is 109. The second kappa shape index (κ2) is 8.27. The Balaban J connectivity index is 2.95. The first-order valence-electron chi connectivity index (χ1n) is 3.79. The van der Waals surface area contributed by atoms with Crippen molar-refractivity contribution < 1.29 is 4.79 Å². The molecule has 1 amide bonds. The fraction of sp³-hybridized carbons (Fsp3) is 0.857. The van der Waals surface area contributed by atoms with E-state index in [1.165, 1.54) is 0 Å². The standard InChI is InChI=1S/C7H15NOS2/c9-7(6-11)8-4-2-1-3-5-10/h10-11H,1-6H2,(H,8,9). The van der Waals surface area contributed by atoms with Gasteiger partial charge in [0.1, 0.15) is 0 Å². The topological polar surface area (TPSA) is 29.1 Å². The van der Waals surface area contributed by atoms with Crippen molar-refractivity contribution in [1.82, 2.24) is 5.32 Å². The molecule has 0 radical (unpaired) electrons. The Morgan fingerprint density at radius 3 is 2.45 bits per heavy atom. The van der Waals surface area contributed by atoms with E-state index in [0.29, 0.717) is 0 Å². The van der Waals surface area contributed by atoms with Crippen LogP contribution in [-0.4, -0.2) is 24.0 Å². The van der Waals surface area contributed by atoms with Crippen molar-refractivity contribution >= 4 is 31.2 Å². The molecule has 66 valence electrons. The van der Waals surface area contributed by atoms with Gasteiger partial charge in [-0.3, -0.25) is 4.79 Å². The fourth-order valence-electron chi connectivity index (χ4n) is 0.697. The number of thiol groups is 2. The summed E-state index contributed by atoms with van der Waals surface area (Å²) in [5.41, 5.74) is 0. The van der Waals surface area contributed by atoms with Crippen molar-refractivity contribution in [3.05, 3.63) is 0 Å². The van der Waals surface area contributed by atoms with E-state index in [-0.39, 0.29) is 11.7 Å². The maximum absolute atomic E-state index is 10.6. The third-order valence-corrected chi connectivity index (χ3v) is 1.90. The van der Waals surface area contributed by atoms with Gasteiger partial charge in [-0.2, -0.15) is 25.3 Å². The van der Waals surface area contributed by atoms with Gasteiger partial charge in [-0.25, -0.2) is 0 Å². The number of rotatable bonds is 6. The molecule has 0 heterocycles. The maximum atomic E-state index is 10.6. The Labute approximate surface area is 79.0 Å². The predicted octanol–water partition coefficient (Wildman–Crippen LogP) is 1.13. The summed E-state index contributed by atoms with van der Waals surface area (Å²) < 4.78 is 0. The van der Waals surface area contributed by atoms with Gasteiger partial charge in [-0.15, -0.1) is 0 Å². The second-order valence-electron chi connectivity index (χ2n) is 2.29. The maximum Gasteiger partial charge on any atom is 0.229 e. The molecule has 0 atom stereocenters. The third-order valence-electron chi connectivity index (χ3n) is 1.30. The van der Waals surface area contributed by atoms with Crippen LogP contribution in [0, 0.1) is 0 Å². The van der Waals surface area contributed by atoms with Gasteiger partial charge in [0.25, 0.3) is 0 Å². The average Bonchev–Trinajstić information content (AvgIpc) is 2.04. The highest BCUT2D eigenvalue weighted by Gasteiger charge is 1.94. The van der Waals surface area contributed by atoms with Crippen LogP contribution in [0.1, 0.15) is 19.3 Å². The minimum atomic E-state index is 0.0132. The summed E-state index contributed by atoms with van der Waals surface area (Å²) in [4.78, 5) is 10.6. The summed E-state index contributed by atoms with van der Waals surface area (Å²) in [6.45, 7) is 0.771. The Hall–Kier alpha value is 0.170. The summed E-state index contributed by atoms with van der Waals surface area (Å²) in [6.07, 6.45) is 3.30. The molecule has 0 aliphatic rings. The van der Waals surface area contributed by atoms with Crippen LogP contribution >= 0.6 is 25.3 Å². The van der Waals surface area contributed by atoms with Gasteiger partial charge in [0.15, 0.2) is 0 Å². The number of nitrogens with one attached hydrogen (secondary N) is 1. The first-order valence-corrected chi connectivity index (χ1v) is 5.06. The molecule has 0 fully saturated rings. The van der Waals surface area contributed by atoms with Crippen LogP contribution < -0.4 is 5.32 Å². The molecule has 0 unspecified atom stereocenters. The van der Waals surface area contributed by atoms with Crippen LogP contribution in [0.5, 0.6) is 0 Å². The summed E-state index contributed by atoms with van der Waals surface area (Å²) in [6, 6.07) is 0. The average molecular weight is 193 g/mol. The number of unbranched alkanes of at least 4 members (excludes halogenated alkanes) is 2. The zero-order chi connectivity index (χ0) is 8.53. The van der Waals surface area contributed by atoms with E-state index >= 15 is 0 Å². The highest BCUT2D eigenvalue weighted by molar-refractivity contribution is 7.81. The molecule has 0 spiro atoms. The van der Waals surface area contributed by atoms with E-state index in [1.807, 2.05) is 0 Å². The lowest BCUT2D eigenvalue weighted by Gasteiger charge is -2.01. The van der Waals surface area contributed by atoms with E-state index in [0.717, 1.165) is 31.6 Å². The molecule has 1 N–H and O–H groups in total. The lowest BCUT2D eigenvalue weighted by molar-refractivity contribution is -0.118. The van der Waals surface area contributed by atoms with Crippen LogP contribution in [0.4, 0.5) is 0 Å². The Morgan fingerprint density at radius 1 is 1.18 bits per heavy atom. The Kier molecular flexibility index (Phi) is 8.40. The molecular formula is C7H15NOS2. The quantitative estimate of drug-likeness (QED) is 0.428. The number of hydrogen-bond acceptors (Lipinski definition) is 3. The van der Waals surface area contributed by atoms with Gasteiger partial charge in [0.2, 0.25) is 5.91 Å². The summed E-state index contributed by atoms with van der Waals surface area (Å²) in [5, 5.41) is 2.75. The summed E-state index contributed by atoms with van der Waals surface area (Å²) in [5.74, 6) is 1.23. The largest absolute Gasteiger partial charge is 0.355 e. The van der Waals surface area contributed by atoms with Gasteiger partial charge in [0, 0.05) is 6.54 Å². The van der Waals surface area contributed by atoms with Crippen LogP contribution in [0.3, 0.4) is 0 Å². The first kappa shape index (κ1) is 11.2. The van der Waals surface area contributed by atoms with Crippen LogP contribution in [0.25, 0.3) is 0 Å². The monoisotopic (exact) mass is 193 g/mol.